The van der Waals surface area contributed by atoms with E-state index in [1.165, 1.54) is 11.3 Å². The molecule has 20 heavy (non-hydrogen) atoms. The predicted octanol–water partition coefficient (Wildman–Crippen LogP) is 3.63. The van der Waals surface area contributed by atoms with Gasteiger partial charge in [-0.05, 0) is 24.8 Å². The Morgan fingerprint density at radius 2 is 1.85 bits per heavy atom. The first-order chi connectivity index (χ1) is 9.35. The summed E-state index contributed by atoms with van der Waals surface area (Å²) in [5, 5.41) is 1.05. The van der Waals surface area contributed by atoms with Gasteiger partial charge in [0.2, 0.25) is 0 Å². The average molecular weight is 298 g/mol. The molecule has 0 aromatic carbocycles. The van der Waals surface area contributed by atoms with E-state index < -0.39 is 0 Å². The van der Waals surface area contributed by atoms with Crippen LogP contribution in [0.15, 0.2) is 6.07 Å². The van der Waals surface area contributed by atoms with Gasteiger partial charge in [-0.3, -0.25) is 0 Å². The Labute approximate surface area is 125 Å². The van der Waals surface area contributed by atoms with Crippen molar-refractivity contribution in [3.05, 3.63) is 10.9 Å². The molecule has 0 aliphatic carbocycles. The number of nitrogens with zero attached hydrogens (tertiary/aromatic N) is 1. The fourth-order valence-electron chi connectivity index (χ4n) is 2.04. The zero-order chi connectivity index (χ0) is 15.3. The number of esters is 1. The van der Waals surface area contributed by atoms with E-state index in [9.17, 15) is 4.79 Å². The van der Waals surface area contributed by atoms with Crippen LogP contribution in [0.25, 0.3) is 0 Å². The van der Waals surface area contributed by atoms with Crippen LogP contribution < -0.4 is 10.6 Å². The number of rotatable bonds is 7. The highest BCUT2D eigenvalue weighted by Gasteiger charge is 2.19. The van der Waals surface area contributed by atoms with Gasteiger partial charge >= 0.3 is 5.97 Å². The summed E-state index contributed by atoms with van der Waals surface area (Å²) < 4.78 is 5.04. The molecule has 0 spiro atoms. The normalized spacial score (nSPS) is 11.2. The molecule has 1 aromatic heterocycles. The number of anilines is 2. The highest BCUT2D eigenvalue weighted by Crippen LogP contribution is 2.33. The van der Waals surface area contributed by atoms with Gasteiger partial charge in [-0.15, -0.1) is 11.3 Å². The molecule has 2 N–H and O–H groups in total. The maximum absolute atomic E-state index is 11.8. The van der Waals surface area contributed by atoms with Gasteiger partial charge in [-0.1, -0.05) is 27.7 Å². The summed E-state index contributed by atoms with van der Waals surface area (Å²) in [6, 6.07) is 1.89. The Balaban J connectivity index is 2.96. The van der Waals surface area contributed by atoms with Crippen LogP contribution in [0.5, 0.6) is 0 Å². The summed E-state index contributed by atoms with van der Waals surface area (Å²) >= 11 is 1.43. The van der Waals surface area contributed by atoms with E-state index in [2.05, 4.69) is 32.6 Å². The second-order valence-electron chi connectivity index (χ2n) is 5.78. The number of thiophene rings is 1. The molecule has 1 heterocycles. The predicted molar refractivity (Wildman–Crippen MR) is 86.6 cm³/mol. The van der Waals surface area contributed by atoms with E-state index in [-0.39, 0.29) is 5.97 Å². The summed E-state index contributed by atoms with van der Waals surface area (Å²) in [6.45, 7) is 12.8. The summed E-state index contributed by atoms with van der Waals surface area (Å²) in [5.41, 5.74) is 6.47. The fraction of sp³-hybridized carbons (Fsp3) is 0.667. The Morgan fingerprint density at radius 1 is 1.30 bits per heavy atom. The van der Waals surface area contributed by atoms with Crippen molar-refractivity contribution in [2.45, 2.75) is 34.6 Å². The third-order valence-electron chi connectivity index (χ3n) is 2.69. The largest absolute Gasteiger partial charge is 0.462 e. The molecule has 1 rings (SSSR count). The van der Waals surface area contributed by atoms with Crippen molar-refractivity contribution < 1.29 is 9.53 Å². The smallest absolute Gasteiger partial charge is 0.350 e. The van der Waals surface area contributed by atoms with Crippen LogP contribution in [0.1, 0.15) is 44.3 Å². The van der Waals surface area contributed by atoms with E-state index in [1.807, 2.05) is 6.07 Å². The summed E-state index contributed by atoms with van der Waals surface area (Å²) in [5.74, 6) is 0.793. The average Bonchev–Trinajstić information content (AvgIpc) is 2.69. The van der Waals surface area contributed by atoms with Crippen LogP contribution in [-0.4, -0.2) is 25.7 Å². The third-order valence-corrected chi connectivity index (χ3v) is 3.88. The van der Waals surface area contributed by atoms with Crippen LogP contribution in [0.2, 0.25) is 0 Å². The number of carbonyl (C=O) groups is 1. The molecule has 0 aliphatic heterocycles. The Morgan fingerprint density at radius 3 is 2.30 bits per heavy atom. The number of hydrogen-bond acceptors (Lipinski definition) is 5. The number of carbonyl (C=O) groups excluding carboxylic acids is 1. The molecular weight excluding hydrogens is 272 g/mol. The minimum Gasteiger partial charge on any atom is -0.462 e. The molecule has 114 valence electrons. The van der Waals surface area contributed by atoms with Crippen molar-refractivity contribution in [1.82, 2.24) is 0 Å². The third kappa shape index (κ3) is 4.71. The van der Waals surface area contributed by atoms with Crippen LogP contribution in [0.4, 0.5) is 10.7 Å². The molecule has 0 amide bonds. The van der Waals surface area contributed by atoms with E-state index in [1.54, 1.807) is 6.92 Å². The Hall–Kier alpha value is -1.23. The first kappa shape index (κ1) is 16.8. The topological polar surface area (TPSA) is 55.6 Å². The van der Waals surface area contributed by atoms with Crippen molar-refractivity contribution >= 4 is 28.0 Å². The SMILES string of the molecule is CCOC(=O)c1sc(N(CC(C)C)CC(C)C)cc1N. The number of ether oxygens (including phenoxy) is 1. The number of nitrogens with two attached hydrogens (primary N) is 1. The van der Waals surface area contributed by atoms with Crippen molar-refractivity contribution in [2.24, 2.45) is 11.8 Å². The van der Waals surface area contributed by atoms with Crippen molar-refractivity contribution in [2.75, 3.05) is 30.3 Å². The lowest BCUT2D eigenvalue weighted by atomic mass is 10.1. The zero-order valence-electron chi connectivity index (χ0n) is 13.1. The lowest BCUT2D eigenvalue weighted by Crippen LogP contribution is -2.30. The molecule has 0 atom stereocenters. The van der Waals surface area contributed by atoms with E-state index in [0.717, 1.165) is 18.1 Å². The van der Waals surface area contributed by atoms with Gasteiger partial charge < -0.3 is 15.4 Å². The number of nitrogen functional groups attached to an aromatic ring is 1. The van der Waals surface area contributed by atoms with Crippen LogP contribution in [0, 0.1) is 11.8 Å². The molecule has 0 aliphatic rings. The number of hydrogen-bond donors (Lipinski definition) is 1. The highest BCUT2D eigenvalue weighted by molar-refractivity contribution is 7.18. The van der Waals surface area contributed by atoms with Crippen molar-refractivity contribution in [3.8, 4) is 0 Å². The van der Waals surface area contributed by atoms with E-state index in [4.69, 9.17) is 10.5 Å². The summed E-state index contributed by atoms with van der Waals surface area (Å²) in [7, 11) is 0. The van der Waals surface area contributed by atoms with Gasteiger partial charge in [0.1, 0.15) is 4.88 Å². The van der Waals surface area contributed by atoms with Crippen molar-refractivity contribution in [1.29, 1.82) is 0 Å². The molecule has 0 unspecified atom stereocenters. The second kappa shape index (κ2) is 7.53. The van der Waals surface area contributed by atoms with Crippen LogP contribution >= 0.6 is 11.3 Å². The molecular formula is C15H26N2O2S. The van der Waals surface area contributed by atoms with E-state index >= 15 is 0 Å². The standard InChI is InChI=1S/C15H26N2O2S/c1-6-19-15(18)14-12(16)7-13(20-14)17(8-10(2)3)9-11(4)5/h7,10-11H,6,8-9,16H2,1-5H3. The molecule has 4 nitrogen and oxygen atoms in total. The second-order valence-corrected chi connectivity index (χ2v) is 6.81. The van der Waals surface area contributed by atoms with Gasteiger partial charge in [0.25, 0.3) is 0 Å². The maximum Gasteiger partial charge on any atom is 0.350 e. The lowest BCUT2D eigenvalue weighted by Gasteiger charge is -2.26. The first-order valence-electron chi connectivity index (χ1n) is 7.16. The lowest BCUT2D eigenvalue weighted by molar-refractivity contribution is 0.0533. The Kier molecular flexibility index (Phi) is 6.33. The summed E-state index contributed by atoms with van der Waals surface area (Å²) in [4.78, 5) is 14.7. The molecule has 0 saturated heterocycles. The van der Waals surface area contributed by atoms with Gasteiger partial charge in [0, 0.05) is 13.1 Å². The highest BCUT2D eigenvalue weighted by atomic mass is 32.1. The summed E-state index contributed by atoms with van der Waals surface area (Å²) in [6.07, 6.45) is 0. The Bertz CT molecular complexity index is 431. The minimum atomic E-state index is -0.324. The van der Waals surface area contributed by atoms with Crippen molar-refractivity contribution in [3.63, 3.8) is 0 Å². The van der Waals surface area contributed by atoms with E-state index in [0.29, 0.717) is 29.0 Å². The molecule has 1 aromatic rings. The molecule has 0 saturated carbocycles. The van der Waals surface area contributed by atoms with Gasteiger partial charge in [0.05, 0.1) is 17.3 Å². The first-order valence-corrected chi connectivity index (χ1v) is 7.98. The molecule has 5 heteroatoms. The quantitative estimate of drug-likeness (QED) is 0.781. The monoisotopic (exact) mass is 298 g/mol. The maximum atomic E-state index is 11.8. The molecule has 0 radical (unpaired) electrons. The molecule has 0 bridgehead atoms. The van der Waals surface area contributed by atoms with Gasteiger partial charge in [-0.2, -0.15) is 0 Å². The fourth-order valence-corrected chi connectivity index (χ4v) is 3.03. The van der Waals surface area contributed by atoms with Crippen LogP contribution in [0.3, 0.4) is 0 Å². The molecule has 0 fully saturated rings. The minimum absolute atomic E-state index is 0.324. The van der Waals surface area contributed by atoms with Crippen LogP contribution in [-0.2, 0) is 4.74 Å². The van der Waals surface area contributed by atoms with Gasteiger partial charge in [0.15, 0.2) is 0 Å². The van der Waals surface area contributed by atoms with Gasteiger partial charge in [-0.25, -0.2) is 4.79 Å². The zero-order valence-corrected chi connectivity index (χ0v) is 13.9.